The molecule has 1 aliphatic rings. The molecule has 0 spiro atoms. The maximum absolute atomic E-state index is 12.8. The van der Waals surface area contributed by atoms with Crippen molar-refractivity contribution in [2.45, 2.75) is 52.0 Å². The summed E-state index contributed by atoms with van der Waals surface area (Å²) in [6.07, 6.45) is 8.61. The van der Waals surface area contributed by atoms with Gasteiger partial charge in [0, 0.05) is 17.9 Å². The van der Waals surface area contributed by atoms with Gasteiger partial charge in [0.25, 0.3) is 5.91 Å². The van der Waals surface area contributed by atoms with Crippen LogP contribution in [0.3, 0.4) is 0 Å². The number of carbonyl (C=O) groups excluding carboxylic acids is 1. The van der Waals surface area contributed by atoms with Gasteiger partial charge in [0.05, 0.1) is 6.20 Å². The van der Waals surface area contributed by atoms with E-state index in [0.717, 1.165) is 32.1 Å². The molecule has 0 bridgehead atoms. The van der Waals surface area contributed by atoms with Crippen LogP contribution < -0.4 is 5.32 Å². The molecule has 140 valence electrons. The van der Waals surface area contributed by atoms with Crippen LogP contribution in [0.25, 0.3) is 5.65 Å². The lowest BCUT2D eigenvalue weighted by atomic mass is 9.89. The molecule has 5 heteroatoms. The average Bonchev–Trinajstić information content (AvgIpc) is 3.11. The molecule has 2 aromatic heterocycles. The standard InChI is InChI=1S/C22H26N4O/c1-15-8-11-20-18(12-15)13-23-21-19(14-24-26(20)21)22(27)25-16(2)9-10-17-6-4-3-5-7-17/h3-7,13-16H,8-12H2,1-2H3,(H,25,27). The Labute approximate surface area is 159 Å². The highest BCUT2D eigenvalue weighted by Gasteiger charge is 2.22. The van der Waals surface area contributed by atoms with Crippen molar-refractivity contribution >= 4 is 11.6 Å². The lowest BCUT2D eigenvalue weighted by molar-refractivity contribution is 0.0940. The Kier molecular flexibility index (Phi) is 4.92. The van der Waals surface area contributed by atoms with Crippen LogP contribution in [0.15, 0.2) is 42.7 Å². The normalized spacial score (nSPS) is 17.5. The van der Waals surface area contributed by atoms with Gasteiger partial charge in [-0.25, -0.2) is 9.50 Å². The molecular formula is C22H26N4O. The molecule has 2 unspecified atom stereocenters. The van der Waals surface area contributed by atoms with E-state index >= 15 is 0 Å². The number of hydrogen-bond donors (Lipinski definition) is 1. The zero-order chi connectivity index (χ0) is 18.8. The Morgan fingerprint density at radius 2 is 2.11 bits per heavy atom. The van der Waals surface area contributed by atoms with Gasteiger partial charge < -0.3 is 5.32 Å². The maximum Gasteiger partial charge on any atom is 0.256 e. The molecule has 5 nitrogen and oxygen atoms in total. The van der Waals surface area contributed by atoms with E-state index in [4.69, 9.17) is 0 Å². The van der Waals surface area contributed by atoms with Gasteiger partial charge in [0.2, 0.25) is 0 Å². The Hall–Kier alpha value is -2.69. The summed E-state index contributed by atoms with van der Waals surface area (Å²) in [5, 5.41) is 7.57. The smallest absolute Gasteiger partial charge is 0.256 e. The minimum Gasteiger partial charge on any atom is -0.349 e. The van der Waals surface area contributed by atoms with E-state index in [9.17, 15) is 4.79 Å². The highest BCUT2D eigenvalue weighted by atomic mass is 16.1. The molecule has 2 heterocycles. The Morgan fingerprint density at radius 3 is 2.93 bits per heavy atom. The molecule has 2 atom stereocenters. The van der Waals surface area contributed by atoms with E-state index < -0.39 is 0 Å². The summed E-state index contributed by atoms with van der Waals surface area (Å²) >= 11 is 0. The fourth-order valence-corrected chi connectivity index (χ4v) is 3.87. The van der Waals surface area contributed by atoms with Crippen molar-refractivity contribution in [1.82, 2.24) is 19.9 Å². The van der Waals surface area contributed by atoms with Crippen LogP contribution in [0, 0.1) is 5.92 Å². The largest absolute Gasteiger partial charge is 0.349 e. The minimum atomic E-state index is -0.0952. The van der Waals surface area contributed by atoms with Crippen molar-refractivity contribution < 1.29 is 4.79 Å². The monoisotopic (exact) mass is 362 g/mol. The molecule has 0 saturated carbocycles. The Morgan fingerprint density at radius 1 is 1.30 bits per heavy atom. The molecule has 4 rings (SSSR count). The summed E-state index contributed by atoms with van der Waals surface area (Å²) in [5.41, 5.74) is 4.97. The first-order valence-electron chi connectivity index (χ1n) is 9.81. The number of hydrogen-bond acceptors (Lipinski definition) is 3. The van der Waals surface area contributed by atoms with Crippen LogP contribution >= 0.6 is 0 Å². The van der Waals surface area contributed by atoms with Gasteiger partial charge in [-0.1, -0.05) is 37.3 Å². The van der Waals surface area contributed by atoms with Crippen molar-refractivity contribution in [1.29, 1.82) is 0 Å². The van der Waals surface area contributed by atoms with E-state index in [-0.39, 0.29) is 11.9 Å². The van der Waals surface area contributed by atoms with E-state index in [2.05, 4.69) is 34.5 Å². The molecule has 0 saturated heterocycles. The number of benzene rings is 1. The molecule has 3 aromatic rings. The fraction of sp³-hybridized carbons (Fsp3) is 0.409. The van der Waals surface area contributed by atoms with Gasteiger partial charge in [-0.3, -0.25) is 4.79 Å². The maximum atomic E-state index is 12.8. The zero-order valence-electron chi connectivity index (χ0n) is 16.0. The molecule has 0 aliphatic heterocycles. The highest BCUT2D eigenvalue weighted by molar-refractivity contribution is 5.99. The number of amides is 1. The Bertz CT molecular complexity index is 948. The summed E-state index contributed by atoms with van der Waals surface area (Å²) in [4.78, 5) is 17.3. The number of carbonyl (C=O) groups is 1. The SMILES string of the molecule is CC1CCc2c(cnc3c(C(=O)NC(C)CCc4ccccc4)cnn23)C1. The first-order chi connectivity index (χ1) is 13.1. The number of aryl methyl sites for hydroxylation is 2. The molecule has 27 heavy (non-hydrogen) atoms. The van der Waals surface area contributed by atoms with E-state index in [1.54, 1.807) is 6.20 Å². The summed E-state index contributed by atoms with van der Waals surface area (Å²) in [5.74, 6) is 0.586. The van der Waals surface area contributed by atoms with Gasteiger partial charge in [0.1, 0.15) is 5.56 Å². The molecule has 1 amide bonds. The predicted octanol–water partition coefficient (Wildman–Crippen LogP) is 3.61. The summed E-state index contributed by atoms with van der Waals surface area (Å²) in [6, 6.07) is 10.4. The average molecular weight is 362 g/mol. The number of nitrogens with one attached hydrogen (secondary N) is 1. The van der Waals surface area contributed by atoms with Crippen molar-refractivity contribution in [2.24, 2.45) is 5.92 Å². The second kappa shape index (κ2) is 7.51. The molecule has 0 fully saturated rings. The van der Waals surface area contributed by atoms with E-state index in [1.807, 2.05) is 35.8 Å². The topological polar surface area (TPSA) is 59.3 Å². The molecule has 1 aliphatic carbocycles. The lowest BCUT2D eigenvalue weighted by Gasteiger charge is -2.21. The molecular weight excluding hydrogens is 336 g/mol. The predicted molar refractivity (Wildman–Crippen MR) is 106 cm³/mol. The van der Waals surface area contributed by atoms with E-state index in [1.165, 1.54) is 16.8 Å². The van der Waals surface area contributed by atoms with Crippen LogP contribution in [-0.4, -0.2) is 26.5 Å². The van der Waals surface area contributed by atoms with Crippen molar-refractivity contribution in [2.75, 3.05) is 0 Å². The van der Waals surface area contributed by atoms with Gasteiger partial charge in [0.15, 0.2) is 5.65 Å². The van der Waals surface area contributed by atoms with Gasteiger partial charge in [-0.2, -0.15) is 5.10 Å². The van der Waals surface area contributed by atoms with Gasteiger partial charge >= 0.3 is 0 Å². The molecule has 1 aromatic carbocycles. The lowest BCUT2D eigenvalue weighted by Crippen LogP contribution is -2.33. The zero-order valence-corrected chi connectivity index (χ0v) is 16.0. The molecule has 1 N–H and O–H groups in total. The van der Waals surface area contributed by atoms with Crippen molar-refractivity contribution in [3.8, 4) is 0 Å². The summed E-state index contributed by atoms with van der Waals surface area (Å²) in [7, 11) is 0. The van der Waals surface area contributed by atoms with Gasteiger partial charge in [-0.15, -0.1) is 0 Å². The quantitative estimate of drug-likeness (QED) is 0.754. The van der Waals surface area contributed by atoms with Crippen molar-refractivity contribution in [3.05, 3.63) is 65.1 Å². The van der Waals surface area contributed by atoms with Gasteiger partial charge in [-0.05, 0) is 56.1 Å². The first kappa shape index (κ1) is 17.7. The number of nitrogens with zero attached hydrogens (tertiary/aromatic N) is 3. The van der Waals surface area contributed by atoms with Crippen LogP contribution in [0.4, 0.5) is 0 Å². The summed E-state index contributed by atoms with van der Waals surface area (Å²) in [6.45, 7) is 4.31. The molecule has 0 radical (unpaired) electrons. The third kappa shape index (κ3) is 3.72. The third-order valence-corrected chi connectivity index (χ3v) is 5.49. The second-order valence-corrected chi connectivity index (χ2v) is 7.77. The third-order valence-electron chi connectivity index (χ3n) is 5.49. The minimum absolute atomic E-state index is 0.0890. The number of aromatic nitrogens is 3. The van der Waals surface area contributed by atoms with E-state index in [0.29, 0.717) is 17.1 Å². The first-order valence-corrected chi connectivity index (χ1v) is 9.81. The Balaban J connectivity index is 1.46. The van der Waals surface area contributed by atoms with Crippen molar-refractivity contribution in [3.63, 3.8) is 0 Å². The number of rotatable bonds is 5. The fourth-order valence-electron chi connectivity index (χ4n) is 3.87. The number of fused-ring (bicyclic) bond motifs is 3. The second-order valence-electron chi connectivity index (χ2n) is 7.77. The van der Waals surface area contributed by atoms with Crippen LogP contribution in [0.1, 0.15) is 53.9 Å². The van der Waals surface area contributed by atoms with Crippen LogP contribution in [0.2, 0.25) is 0 Å². The highest BCUT2D eigenvalue weighted by Crippen LogP contribution is 2.25. The summed E-state index contributed by atoms with van der Waals surface area (Å²) < 4.78 is 1.87. The van der Waals surface area contributed by atoms with Crippen LogP contribution in [0.5, 0.6) is 0 Å². The van der Waals surface area contributed by atoms with Crippen LogP contribution in [-0.2, 0) is 19.3 Å².